The number of hydrogen-bond donors (Lipinski definition) is 1. The first-order chi connectivity index (χ1) is 12.5. The fraction of sp³-hybridized carbons (Fsp3) is 0.733. The summed E-state index contributed by atoms with van der Waals surface area (Å²) in [6.07, 6.45) is -11.4. The molecule has 1 fully saturated rings. The lowest BCUT2D eigenvalue weighted by Crippen LogP contribution is -2.63. The van der Waals surface area contributed by atoms with E-state index in [2.05, 4.69) is 11.3 Å². The van der Waals surface area contributed by atoms with Gasteiger partial charge in [0.05, 0.1) is 5.92 Å². The number of carbonyl (C=O) groups is 2. The number of alkyl halides is 6. The molecule has 0 aromatic rings. The Morgan fingerprint density at radius 3 is 1.86 bits per heavy atom. The van der Waals surface area contributed by atoms with Crippen LogP contribution in [0.4, 0.5) is 26.3 Å². The van der Waals surface area contributed by atoms with Crippen LogP contribution in [0.1, 0.15) is 32.1 Å². The van der Waals surface area contributed by atoms with Crippen molar-refractivity contribution in [1.82, 2.24) is 0 Å². The van der Waals surface area contributed by atoms with Gasteiger partial charge in [-0.2, -0.15) is 34.8 Å². The SMILES string of the molecule is C=CC(=O)CC1CCC(C(=O)OC(CS(=O)(=O)O)(C(F)(F)F)C(F)(F)F)CC1. The number of ether oxygens (including phenoxy) is 1. The lowest BCUT2D eigenvalue weighted by atomic mass is 9.80. The summed E-state index contributed by atoms with van der Waals surface area (Å²) < 4.78 is 113. The number of esters is 1. The van der Waals surface area contributed by atoms with Gasteiger partial charge in [-0.15, -0.1) is 0 Å². The van der Waals surface area contributed by atoms with Gasteiger partial charge < -0.3 is 4.74 Å². The van der Waals surface area contributed by atoms with Gasteiger partial charge >= 0.3 is 23.9 Å². The van der Waals surface area contributed by atoms with Crippen LogP contribution in [0.2, 0.25) is 0 Å². The number of hydrogen-bond acceptors (Lipinski definition) is 5. The van der Waals surface area contributed by atoms with E-state index in [1.54, 1.807) is 0 Å². The Morgan fingerprint density at radius 1 is 1.04 bits per heavy atom. The molecule has 0 unspecified atom stereocenters. The van der Waals surface area contributed by atoms with Gasteiger partial charge in [0.2, 0.25) is 0 Å². The minimum atomic E-state index is -6.34. The molecule has 0 aromatic carbocycles. The molecule has 0 bridgehead atoms. The smallest absolute Gasteiger partial charge is 0.438 e. The maximum absolute atomic E-state index is 13.2. The maximum atomic E-state index is 13.2. The average Bonchev–Trinajstić information content (AvgIpc) is 2.51. The summed E-state index contributed by atoms with van der Waals surface area (Å²) in [5.41, 5.74) is -5.39. The standard InChI is InChI=1S/C15H18F6O6S/c1-2-11(22)7-9-3-5-10(6-4-9)12(23)27-13(14(16,17)18,15(19,20)21)8-28(24,25)26/h2,9-10H,1,3-8H2,(H,24,25,26). The minimum absolute atomic E-state index is 0.0864. The molecule has 13 heteroatoms. The topological polar surface area (TPSA) is 97.7 Å². The van der Waals surface area contributed by atoms with Gasteiger partial charge in [0.15, 0.2) is 5.78 Å². The summed E-state index contributed by atoms with van der Waals surface area (Å²) in [6.45, 7) is 3.28. The zero-order chi connectivity index (χ0) is 22.0. The van der Waals surface area contributed by atoms with E-state index in [0.29, 0.717) is 0 Å². The van der Waals surface area contributed by atoms with Crippen molar-refractivity contribution < 1.29 is 53.6 Å². The molecule has 0 atom stereocenters. The van der Waals surface area contributed by atoms with Gasteiger partial charge in [0.1, 0.15) is 5.75 Å². The number of carbonyl (C=O) groups excluding carboxylic acids is 2. The molecule has 1 aliphatic rings. The van der Waals surface area contributed by atoms with E-state index in [-0.39, 0.29) is 43.8 Å². The van der Waals surface area contributed by atoms with Crippen molar-refractivity contribution >= 4 is 21.9 Å². The largest absolute Gasteiger partial charge is 0.438 e. The molecule has 0 amide bonds. The fourth-order valence-corrected chi connectivity index (χ4v) is 3.85. The van der Waals surface area contributed by atoms with Crippen LogP contribution in [-0.4, -0.2) is 48.4 Å². The lowest BCUT2D eigenvalue weighted by molar-refractivity contribution is -0.362. The van der Waals surface area contributed by atoms with Crippen molar-refractivity contribution in [2.45, 2.75) is 50.1 Å². The molecule has 0 aromatic heterocycles. The number of halogens is 6. The third-order valence-electron chi connectivity index (χ3n) is 4.47. The van der Waals surface area contributed by atoms with Crippen molar-refractivity contribution in [3.63, 3.8) is 0 Å². The Labute approximate surface area is 156 Å². The average molecular weight is 440 g/mol. The molecule has 1 N–H and O–H groups in total. The molecular formula is C15H18F6O6S. The zero-order valence-electron chi connectivity index (χ0n) is 14.3. The van der Waals surface area contributed by atoms with Crippen LogP contribution < -0.4 is 0 Å². The van der Waals surface area contributed by atoms with Gasteiger partial charge in [-0.3, -0.25) is 14.1 Å². The third kappa shape index (κ3) is 5.93. The van der Waals surface area contributed by atoms with Crippen LogP contribution in [0.15, 0.2) is 12.7 Å². The Bertz CT molecular complexity index is 690. The Morgan fingerprint density at radius 2 is 1.50 bits per heavy atom. The lowest BCUT2D eigenvalue weighted by Gasteiger charge is -2.37. The monoisotopic (exact) mass is 440 g/mol. The summed E-state index contributed by atoms with van der Waals surface area (Å²) in [6, 6.07) is 0. The number of ketones is 1. The van der Waals surface area contributed by atoms with Gasteiger partial charge in [0, 0.05) is 6.42 Å². The Kier molecular flexibility index (Phi) is 7.32. The first kappa shape index (κ1) is 24.4. The second kappa shape index (κ2) is 8.39. The summed E-state index contributed by atoms with van der Waals surface area (Å²) in [5.74, 6) is -6.59. The van der Waals surface area contributed by atoms with Gasteiger partial charge in [-0.1, -0.05) is 6.58 Å². The van der Waals surface area contributed by atoms with E-state index >= 15 is 0 Å². The highest BCUT2D eigenvalue weighted by molar-refractivity contribution is 7.85. The van der Waals surface area contributed by atoms with Crippen molar-refractivity contribution in [3.8, 4) is 0 Å². The molecule has 0 radical (unpaired) electrons. The number of rotatable bonds is 7. The van der Waals surface area contributed by atoms with Crippen LogP contribution >= 0.6 is 0 Å². The maximum Gasteiger partial charge on any atom is 0.438 e. The van der Waals surface area contributed by atoms with Crippen LogP contribution in [0, 0.1) is 11.8 Å². The highest BCUT2D eigenvalue weighted by Crippen LogP contribution is 2.47. The van der Waals surface area contributed by atoms with E-state index in [9.17, 15) is 44.3 Å². The predicted octanol–water partition coefficient (Wildman–Crippen LogP) is 3.23. The van der Waals surface area contributed by atoms with Gasteiger partial charge in [-0.05, 0) is 37.7 Å². The van der Waals surface area contributed by atoms with Crippen LogP contribution in [0.3, 0.4) is 0 Å². The molecule has 1 aliphatic carbocycles. The third-order valence-corrected chi connectivity index (χ3v) is 5.25. The van der Waals surface area contributed by atoms with E-state index in [1.165, 1.54) is 0 Å². The van der Waals surface area contributed by atoms with Gasteiger partial charge in [-0.25, -0.2) is 0 Å². The zero-order valence-corrected chi connectivity index (χ0v) is 15.2. The number of allylic oxidation sites excluding steroid dienone is 1. The fourth-order valence-electron chi connectivity index (χ4n) is 2.95. The second-order valence-corrected chi connectivity index (χ2v) is 8.01. The molecule has 0 heterocycles. The molecule has 0 spiro atoms. The Balaban J connectivity index is 3.03. The van der Waals surface area contributed by atoms with Crippen LogP contribution in [-0.2, 0) is 24.4 Å². The molecule has 1 rings (SSSR count). The Hall–Kier alpha value is -1.63. The van der Waals surface area contributed by atoms with Crippen LogP contribution in [0.5, 0.6) is 0 Å². The first-order valence-corrected chi connectivity index (χ1v) is 9.60. The highest BCUT2D eigenvalue weighted by Gasteiger charge is 2.76. The summed E-state index contributed by atoms with van der Waals surface area (Å²) in [5, 5.41) is 0. The first-order valence-electron chi connectivity index (χ1n) is 7.99. The highest BCUT2D eigenvalue weighted by atomic mass is 32.2. The van der Waals surface area contributed by atoms with Gasteiger partial charge in [0.25, 0.3) is 10.1 Å². The summed E-state index contributed by atoms with van der Waals surface area (Å²) in [4.78, 5) is 23.3. The molecule has 6 nitrogen and oxygen atoms in total. The van der Waals surface area contributed by atoms with E-state index in [0.717, 1.165) is 6.08 Å². The van der Waals surface area contributed by atoms with Crippen molar-refractivity contribution in [1.29, 1.82) is 0 Å². The van der Waals surface area contributed by atoms with E-state index < -0.39 is 45.7 Å². The second-order valence-electron chi connectivity index (χ2n) is 6.56. The quantitative estimate of drug-likeness (QED) is 0.283. The summed E-state index contributed by atoms with van der Waals surface area (Å²) in [7, 11) is -5.81. The van der Waals surface area contributed by atoms with Crippen molar-refractivity contribution in [3.05, 3.63) is 12.7 Å². The predicted molar refractivity (Wildman–Crippen MR) is 82.6 cm³/mol. The van der Waals surface area contributed by atoms with E-state index in [1.807, 2.05) is 0 Å². The van der Waals surface area contributed by atoms with Crippen LogP contribution in [0.25, 0.3) is 0 Å². The molecule has 1 saturated carbocycles. The molecule has 0 saturated heterocycles. The van der Waals surface area contributed by atoms with E-state index in [4.69, 9.17) is 4.55 Å². The normalized spacial score (nSPS) is 21.8. The van der Waals surface area contributed by atoms with Crippen molar-refractivity contribution in [2.24, 2.45) is 11.8 Å². The molecule has 0 aliphatic heterocycles. The van der Waals surface area contributed by atoms with Crippen molar-refractivity contribution in [2.75, 3.05) is 5.75 Å². The molecule has 28 heavy (non-hydrogen) atoms. The molecule has 162 valence electrons. The summed E-state index contributed by atoms with van der Waals surface area (Å²) >= 11 is 0. The molecular weight excluding hydrogens is 422 g/mol. The minimum Gasteiger partial charge on any atom is -0.438 e.